The molecule has 58 valence electrons. The predicted octanol–water partition coefficient (Wildman–Crippen LogP) is -0.885. The molecule has 1 unspecified atom stereocenters. The zero-order valence-electron chi connectivity index (χ0n) is 6.01. The number of quaternary nitrogens is 1. The van der Waals surface area contributed by atoms with Gasteiger partial charge in [0.15, 0.2) is 0 Å². The minimum atomic E-state index is -2.16. The van der Waals surface area contributed by atoms with Gasteiger partial charge in [-0.2, -0.15) is 0 Å². The van der Waals surface area contributed by atoms with Crippen molar-refractivity contribution in [3.8, 4) is 0 Å². The molecule has 0 spiro atoms. The van der Waals surface area contributed by atoms with Gasteiger partial charge in [-0.3, -0.25) is 4.90 Å². The Hall–Kier alpha value is 0.0200. The van der Waals surface area contributed by atoms with Crippen molar-refractivity contribution in [1.82, 2.24) is 0 Å². The van der Waals surface area contributed by atoms with E-state index in [0.29, 0.717) is 6.29 Å². The van der Waals surface area contributed by atoms with Crippen LogP contribution in [0.25, 0.3) is 0 Å². The van der Waals surface area contributed by atoms with Crippen LogP contribution in [0, 0.1) is 0 Å². The van der Waals surface area contributed by atoms with Crippen molar-refractivity contribution in [3.63, 3.8) is 0 Å². The van der Waals surface area contributed by atoms with E-state index in [1.165, 1.54) is 24.2 Å². The molecule has 0 aromatic carbocycles. The second-order valence-electron chi connectivity index (χ2n) is 2.80. The maximum absolute atomic E-state index is 10.3. The Morgan fingerprint density at radius 2 is 1.90 bits per heavy atom. The van der Waals surface area contributed by atoms with Crippen molar-refractivity contribution in [2.24, 2.45) is 0 Å². The van der Waals surface area contributed by atoms with E-state index in [0.717, 1.165) is 13.1 Å². The number of piperidine rings is 1. The Morgan fingerprint density at radius 1 is 1.30 bits per heavy atom. The highest BCUT2D eigenvalue weighted by molar-refractivity contribution is 7.36. The maximum atomic E-state index is 10.3. The first-order valence-electron chi connectivity index (χ1n) is 3.74. The standard InChI is InChI=1S/C6H12NO2P/c8-10(9)6-7-4-2-1-3-5-7/h1-6H2/p+1. The van der Waals surface area contributed by atoms with Gasteiger partial charge in [0.2, 0.25) is 0 Å². The van der Waals surface area contributed by atoms with Crippen LogP contribution in [0.2, 0.25) is 0 Å². The molecular formula is C6H13NO2P+. The molecule has 0 bridgehead atoms. The van der Waals surface area contributed by atoms with Gasteiger partial charge in [0.1, 0.15) is 0 Å². The maximum Gasteiger partial charge on any atom is 0.369 e. The molecular weight excluding hydrogens is 149 g/mol. The molecule has 0 amide bonds. The van der Waals surface area contributed by atoms with Crippen molar-refractivity contribution in [1.29, 1.82) is 0 Å². The number of hydrogen-bond acceptors (Lipinski definition) is 2. The first kappa shape index (κ1) is 8.12. The van der Waals surface area contributed by atoms with Gasteiger partial charge in [0, 0.05) is 0 Å². The minimum absolute atomic E-state index is 0.343. The minimum Gasteiger partial charge on any atom is -0.591 e. The van der Waals surface area contributed by atoms with Crippen LogP contribution in [0.15, 0.2) is 0 Å². The molecule has 1 heterocycles. The monoisotopic (exact) mass is 162 g/mol. The summed E-state index contributed by atoms with van der Waals surface area (Å²) in [7, 11) is -2.16. The summed E-state index contributed by atoms with van der Waals surface area (Å²) in [5.74, 6) is 0. The number of likely N-dealkylation sites (tertiary alicyclic amines) is 1. The van der Waals surface area contributed by atoms with Gasteiger partial charge in [-0.15, -0.1) is 0 Å². The Labute approximate surface area is 61.9 Å². The van der Waals surface area contributed by atoms with Crippen molar-refractivity contribution < 1.29 is 14.4 Å². The van der Waals surface area contributed by atoms with Gasteiger partial charge in [-0.1, -0.05) is 4.57 Å². The summed E-state index contributed by atoms with van der Waals surface area (Å²) >= 11 is 0. The molecule has 1 atom stereocenters. The summed E-state index contributed by atoms with van der Waals surface area (Å²) < 4.78 is 10.3. The zero-order chi connectivity index (χ0) is 7.40. The molecule has 10 heavy (non-hydrogen) atoms. The SMILES string of the molecule is O=[P+]([O-])C[NH+]1CCCCC1. The molecule has 0 radical (unpaired) electrons. The second-order valence-corrected chi connectivity index (χ2v) is 3.78. The average Bonchev–Trinajstić information content (AvgIpc) is 1.88. The molecule has 0 aromatic heterocycles. The third kappa shape index (κ3) is 2.74. The topological polar surface area (TPSA) is 44.6 Å². The summed E-state index contributed by atoms with van der Waals surface area (Å²) in [6.07, 6.45) is 4.01. The van der Waals surface area contributed by atoms with E-state index < -0.39 is 8.03 Å². The van der Waals surface area contributed by atoms with E-state index in [9.17, 15) is 9.46 Å². The molecule has 1 aliphatic heterocycles. The third-order valence-corrected chi connectivity index (χ3v) is 2.62. The predicted molar refractivity (Wildman–Crippen MR) is 37.0 cm³/mol. The largest absolute Gasteiger partial charge is 0.591 e. The number of hydrogen-bond donors (Lipinski definition) is 1. The van der Waals surface area contributed by atoms with Crippen molar-refractivity contribution in [2.45, 2.75) is 19.3 Å². The van der Waals surface area contributed by atoms with E-state index in [2.05, 4.69) is 0 Å². The Morgan fingerprint density at radius 3 is 2.40 bits per heavy atom. The van der Waals surface area contributed by atoms with Crippen molar-refractivity contribution in [2.75, 3.05) is 19.4 Å². The van der Waals surface area contributed by atoms with Crippen LogP contribution in [0.3, 0.4) is 0 Å². The Kier molecular flexibility index (Phi) is 3.26. The quantitative estimate of drug-likeness (QED) is 0.536. The van der Waals surface area contributed by atoms with E-state index in [4.69, 9.17) is 0 Å². The van der Waals surface area contributed by atoms with Crippen molar-refractivity contribution in [3.05, 3.63) is 0 Å². The lowest BCUT2D eigenvalue weighted by Crippen LogP contribution is -3.12. The second kappa shape index (κ2) is 4.02. The smallest absolute Gasteiger partial charge is 0.369 e. The average molecular weight is 162 g/mol. The molecule has 3 nitrogen and oxygen atoms in total. The van der Waals surface area contributed by atoms with Crippen LogP contribution >= 0.6 is 8.03 Å². The third-order valence-electron chi connectivity index (χ3n) is 1.91. The molecule has 0 saturated carbocycles. The van der Waals surface area contributed by atoms with Gasteiger partial charge < -0.3 is 4.89 Å². The summed E-state index contributed by atoms with van der Waals surface area (Å²) in [5.41, 5.74) is 0. The lowest BCUT2D eigenvalue weighted by molar-refractivity contribution is -0.894. The number of rotatable bonds is 2. The molecule has 1 fully saturated rings. The van der Waals surface area contributed by atoms with E-state index >= 15 is 0 Å². The molecule has 4 heteroatoms. The van der Waals surface area contributed by atoms with Crippen LogP contribution in [-0.2, 0) is 4.57 Å². The van der Waals surface area contributed by atoms with E-state index in [1.54, 1.807) is 0 Å². The highest BCUT2D eigenvalue weighted by Crippen LogP contribution is 2.01. The molecule has 1 aliphatic rings. The van der Waals surface area contributed by atoms with Gasteiger partial charge in [-0.05, 0) is 19.3 Å². The fraction of sp³-hybridized carbons (Fsp3) is 1.00. The van der Waals surface area contributed by atoms with E-state index in [1.807, 2.05) is 0 Å². The summed E-state index contributed by atoms with van der Waals surface area (Å²) in [4.78, 5) is 11.5. The van der Waals surface area contributed by atoms with E-state index in [-0.39, 0.29) is 0 Å². The van der Waals surface area contributed by atoms with Crippen LogP contribution in [0.1, 0.15) is 19.3 Å². The summed E-state index contributed by atoms with van der Waals surface area (Å²) in [6, 6.07) is 0. The van der Waals surface area contributed by atoms with Crippen LogP contribution < -0.4 is 9.79 Å². The van der Waals surface area contributed by atoms with Gasteiger partial charge in [0.05, 0.1) is 13.1 Å². The summed E-state index contributed by atoms with van der Waals surface area (Å²) in [5, 5.41) is 0. The van der Waals surface area contributed by atoms with Gasteiger partial charge in [-0.25, -0.2) is 0 Å². The molecule has 0 aromatic rings. The fourth-order valence-electron chi connectivity index (χ4n) is 1.39. The van der Waals surface area contributed by atoms with Crippen LogP contribution in [0.4, 0.5) is 0 Å². The highest BCUT2D eigenvalue weighted by Gasteiger charge is 2.17. The van der Waals surface area contributed by atoms with Crippen LogP contribution in [0.5, 0.6) is 0 Å². The Bertz CT molecular complexity index is 123. The normalized spacial score (nSPS) is 22.7. The fourth-order valence-corrected chi connectivity index (χ4v) is 2.07. The summed E-state index contributed by atoms with van der Waals surface area (Å²) in [6.45, 7) is 2.09. The van der Waals surface area contributed by atoms with Gasteiger partial charge >= 0.3 is 8.03 Å². The molecule has 1 N–H and O–H groups in total. The molecule has 1 rings (SSSR count). The van der Waals surface area contributed by atoms with Crippen LogP contribution in [-0.4, -0.2) is 19.4 Å². The Balaban J connectivity index is 2.19. The molecule has 1 saturated heterocycles. The zero-order valence-corrected chi connectivity index (χ0v) is 6.90. The first-order chi connectivity index (χ1) is 4.79. The lowest BCUT2D eigenvalue weighted by Gasteiger charge is -2.19. The van der Waals surface area contributed by atoms with Crippen molar-refractivity contribution >= 4 is 8.03 Å². The van der Waals surface area contributed by atoms with Gasteiger partial charge in [0.25, 0.3) is 6.29 Å². The molecule has 0 aliphatic carbocycles. The lowest BCUT2D eigenvalue weighted by atomic mass is 10.1. The number of nitrogens with one attached hydrogen (secondary N) is 1. The first-order valence-corrected chi connectivity index (χ1v) is 5.10. The highest BCUT2D eigenvalue weighted by atomic mass is 31.1.